The van der Waals surface area contributed by atoms with Gasteiger partial charge in [-0.1, -0.05) is 12.1 Å². The monoisotopic (exact) mass is 268 g/mol. The molecule has 78 valence electrons. The minimum absolute atomic E-state index is 0.0201. The molecule has 15 heavy (non-hydrogen) atoms. The summed E-state index contributed by atoms with van der Waals surface area (Å²) in [5.74, 6) is 0.0201. The van der Waals surface area contributed by atoms with Gasteiger partial charge in [-0.2, -0.15) is 0 Å². The molecule has 2 N–H and O–H groups in total. The van der Waals surface area contributed by atoms with E-state index in [1.54, 1.807) is 0 Å². The molecule has 1 aliphatic rings. The third kappa shape index (κ3) is 2.36. The van der Waals surface area contributed by atoms with E-state index in [0.29, 0.717) is 13.0 Å². The molecule has 0 bridgehead atoms. The Hall–Kier alpha value is -1.36. The summed E-state index contributed by atoms with van der Waals surface area (Å²) in [5, 5.41) is 5.39. The van der Waals surface area contributed by atoms with Crippen molar-refractivity contribution in [3.63, 3.8) is 0 Å². The summed E-state index contributed by atoms with van der Waals surface area (Å²) in [5.41, 5.74) is 2.84. The molecule has 0 atom stereocenters. The molecule has 0 aromatic heterocycles. The maximum Gasteiger partial charge on any atom is 0.287 e. The second kappa shape index (κ2) is 4.02. The Balaban J connectivity index is 2.13. The van der Waals surface area contributed by atoms with Crippen molar-refractivity contribution >= 4 is 32.3 Å². The van der Waals surface area contributed by atoms with Crippen LogP contribution in [0.25, 0.3) is 0 Å². The third-order valence-corrected chi connectivity index (χ3v) is 2.51. The lowest BCUT2D eigenvalue weighted by molar-refractivity contribution is -0.115. The number of carbonyl (C=O) groups is 2. The van der Waals surface area contributed by atoms with Gasteiger partial charge in [-0.25, -0.2) is 0 Å². The number of hydrogen-bond acceptors (Lipinski definition) is 2. The van der Waals surface area contributed by atoms with Crippen molar-refractivity contribution in [1.82, 2.24) is 5.32 Å². The van der Waals surface area contributed by atoms with Crippen molar-refractivity contribution in [2.24, 2.45) is 0 Å². The number of halogens is 1. The zero-order valence-electron chi connectivity index (χ0n) is 7.84. The van der Waals surface area contributed by atoms with Gasteiger partial charge in [0.1, 0.15) is 0 Å². The largest absolute Gasteiger partial charge is 0.343 e. The summed E-state index contributed by atoms with van der Waals surface area (Å²) < 4.78 is 0. The number of anilines is 1. The molecule has 0 unspecified atom stereocenters. The van der Waals surface area contributed by atoms with E-state index in [2.05, 4.69) is 26.6 Å². The molecule has 2 rings (SSSR count). The van der Waals surface area contributed by atoms with Gasteiger partial charge in [0.2, 0.25) is 5.91 Å². The van der Waals surface area contributed by atoms with E-state index in [0.717, 1.165) is 16.8 Å². The Labute approximate surface area is 95.2 Å². The fraction of sp³-hybridized carbons (Fsp3) is 0.200. The van der Waals surface area contributed by atoms with Crippen LogP contribution in [0.4, 0.5) is 10.5 Å². The summed E-state index contributed by atoms with van der Waals surface area (Å²) >= 11 is 2.79. The number of fused-ring (bicyclic) bond motifs is 1. The van der Waals surface area contributed by atoms with Gasteiger partial charge in [-0.15, -0.1) is 0 Å². The molecule has 1 aromatic carbocycles. The van der Waals surface area contributed by atoms with Crippen LogP contribution < -0.4 is 10.6 Å². The van der Waals surface area contributed by atoms with Crippen LogP contribution in [0, 0.1) is 0 Å². The van der Waals surface area contributed by atoms with Crippen molar-refractivity contribution in [2.75, 3.05) is 5.32 Å². The predicted octanol–water partition coefficient (Wildman–Crippen LogP) is 1.79. The second-order valence-electron chi connectivity index (χ2n) is 3.34. The summed E-state index contributed by atoms with van der Waals surface area (Å²) in [6.07, 6.45) is 0.422. The molecule has 0 aliphatic carbocycles. The summed E-state index contributed by atoms with van der Waals surface area (Å²) in [6.45, 7) is 0.464. The highest BCUT2D eigenvalue weighted by atomic mass is 79.9. The first kappa shape index (κ1) is 10.2. The van der Waals surface area contributed by atoms with Crippen LogP contribution in [-0.4, -0.2) is 10.7 Å². The minimum atomic E-state index is -0.239. The molecule has 5 heteroatoms. The molecule has 4 nitrogen and oxygen atoms in total. The van der Waals surface area contributed by atoms with Gasteiger partial charge < -0.3 is 10.6 Å². The van der Waals surface area contributed by atoms with E-state index in [1.165, 1.54) is 0 Å². The molecule has 1 aromatic rings. The second-order valence-corrected chi connectivity index (χ2v) is 4.06. The number of rotatable bonds is 2. The Bertz CT molecular complexity index is 431. The quantitative estimate of drug-likeness (QED) is 0.635. The Morgan fingerprint density at radius 1 is 1.53 bits per heavy atom. The molecule has 1 heterocycles. The summed E-state index contributed by atoms with van der Waals surface area (Å²) in [4.78, 5) is 21.5. The van der Waals surface area contributed by atoms with Gasteiger partial charge in [-0.05, 0) is 17.2 Å². The first-order chi connectivity index (χ1) is 7.15. The predicted molar refractivity (Wildman–Crippen MR) is 59.9 cm³/mol. The van der Waals surface area contributed by atoms with Gasteiger partial charge in [0, 0.05) is 28.2 Å². The fourth-order valence-corrected chi connectivity index (χ4v) is 1.70. The van der Waals surface area contributed by atoms with E-state index >= 15 is 0 Å². The van der Waals surface area contributed by atoms with Crippen LogP contribution >= 0.6 is 15.9 Å². The van der Waals surface area contributed by atoms with Crippen LogP contribution in [0.5, 0.6) is 0 Å². The van der Waals surface area contributed by atoms with E-state index in [-0.39, 0.29) is 10.7 Å². The molecule has 0 fully saturated rings. The van der Waals surface area contributed by atoms with Crippen LogP contribution in [0.1, 0.15) is 11.1 Å². The lowest BCUT2D eigenvalue weighted by atomic mass is 10.1. The Kier molecular flexibility index (Phi) is 2.73. The molecule has 0 saturated heterocycles. The number of amides is 2. The van der Waals surface area contributed by atoms with Crippen molar-refractivity contribution in [3.8, 4) is 0 Å². The van der Waals surface area contributed by atoms with Gasteiger partial charge in [0.25, 0.3) is 4.82 Å². The van der Waals surface area contributed by atoms with E-state index in [4.69, 9.17) is 0 Å². The molecule has 0 spiro atoms. The Morgan fingerprint density at radius 3 is 3.07 bits per heavy atom. The van der Waals surface area contributed by atoms with Crippen molar-refractivity contribution < 1.29 is 9.59 Å². The zero-order valence-corrected chi connectivity index (χ0v) is 9.43. The normalized spacial score (nSPS) is 13.3. The number of nitrogens with one attached hydrogen (secondary N) is 2. The average molecular weight is 269 g/mol. The maximum atomic E-state index is 11.1. The van der Waals surface area contributed by atoms with Crippen molar-refractivity contribution in [3.05, 3.63) is 29.3 Å². The summed E-state index contributed by atoms with van der Waals surface area (Å²) in [6, 6.07) is 5.67. The van der Waals surface area contributed by atoms with Gasteiger partial charge in [0.05, 0.1) is 6.42 Å². The zero-order chi connectivity index (χ0) is 10.8. The lowest BCUT2D eigenvalue weighted by Gasteiger charge is -2.04. The molecule has 0 saturated carbocycles. The lowest BCUT2D eigenvalue weighted by Crippen LogP contribution is -2.14. The third-order valence-electron chi connectivity index (χ3n) is 2.23. The molecule has 2 amide bonds. The fourth-order valence-electron chi connectivity index (χ4n) is 1.56. The van der Waals surface area contributed by atoms with E-state index in [9.17, 15) is 9.59 Å². The van der Waals surface area contributed by atoms with Gasteiger partial charge in [0.15, 0.2) is 0 Å². The molecular formula is C10H9BrN2O2. The highest BCUT2D eigenvalue weighted by Crippen LogP contribution is 2.23. The molecular weight excluding hydrogens is 260 g/mol. The van der Waals surface area contributed by atoms with Gasteiger partial charge in [-0.3, -0.25) is 9.59 Å². The number of hydrogen-bond donors (Lipinski definition) is 2. The topological polar surface area (TPSA) is 58.2 Å². The summed E-state index contributed by atoms with van der Waals surface area (Å²) in [7, 11) is 0. The smallest absolute Gasteiger partial charge is 0.287 e. The van der Waals surface area contributed by atoms with Crippen LogP contribution in [0.2, 0.25) is 0 Å². The van der Waals surface area contributed by atoms with E-state index < -0.39 is 0 Å². The maximum absolute atomic E-state index is 11.1. The SMILES string of the molecule is O=C(Br)NCc1ccc2c(c1)CC(=O)N2. The van der Waals surface area contributed by atoms with E-state index in [1.807, 2.05) is 18.2 Å². The van der Waals surface area contributed by atoms with Crippen LogP contribution in [0.15, 0.2) is 18.2 Å². The van der Waals surface area contributed by atoms with Crippen molar-refractivity contribution in [2.45, 2.75) is 13.0 Å². The Morgan fingerprint density at radius 2 is 2.33 bits per heavy atom. The highest BCUT2D eigenvalue weighted by Gasteiger charge is 2.17. The highest BCUT2D eigenvalue weighted by molar-refractivity contribution is 9.18. The standard InChI is InChI=1S/C10H9BrN2O2/c11-10(15)12-5-6-1-2-8-7(3-6)4-9(14)13-8/h1-3H,4-5H2,(H,12,15)(H,13,14). The minimum Gasteiger partial charge on any atom is -0.343 e. The van der Waals surface area contributed by atoms with Crippen LogP contribution in [0.3, 0.4) is 0 Å². The number of carbonyl (C=O) groups excluding carboxylic acids is 2. The van der Waals surface area contributed by atoms with Crippen LogP contribution in [-0.2, 0) is 17.8 Å². The van der Waals surface area contributed by atoms with Gasteiger partial charge >= 0.3 is 0 Å². The first-order valence-corrected chi connectivity index (χ1v) is 5.29. The molecule has 1 aliphatic heterocycles. The number of benzene rings is 1. The van der Waals surface area contributed by atoms with Crippen molar-refractivity contribution in [1.29, 1.82) is 0 Å². The average Bonchev–Trinajstić information content (AvgIpc) is 2.53. The first-order valence-electron chi connectivity index (χ1n) is 4.50. The molecule has 0 radical (unpaired) electrons.